The molecule has 0 saturated heterocycles. The van der Waals surface area contributed by atoms with Crippen molar-refractivity contribution in [3.8, 4) is 5.75 Å². The average molecular weight is 413 g/mol. The van der Waals surface area contributed by atoms with Gasteiger partial charge < -0.3 is 10.1 Å². The first kappa shape index (κ1) is 16.5. The Labute approximate surface area is 143 Å². The van der Waals surface area contributed by atoms with Gasteiger partial charge in [0.2, 0.25) is 0 Å². The number of halogens is 2. The van der Waals surface area contributed by atoms with Gasteiger partial charge in [-0.15, -0.1) is 0 Å². The molecule has 0 aliphatic heterocycles. The van der Waals surface area contributed by atoms with E-state index in [1.807, 2.05) is 25.1 Å². The van der Waals surface area contributed by atoms with E-state index in [9.17, 15) is 0 Å². The summed E-state index contributed by atoms with van der Waals surface area (Å²) in [5, 5.41) is 3.55. The van der Waals surface area contributed by atoms with E-state index >= 15 is 0 Å². The Balaban J connectivity index is 2.41. The lowest BCUT2D eigenvalue weighted by Crippen LogP contribution is -2.22. The lowest BCUT2D eigenvalue weighted by atomic mass is 9.98. The molecule has 0 aliphatic rings. The molecule has 21 heavy (non-hydrogen) atoms. The van der Waals surface area contributed by atoms with E-state index in [0.29, 0.717) is 6.61 Å². The van der Waals surface area contributed by atoms with Gasteiger partial charge in [0, 0.05) is 8.95 Å². The zero-order valence-corrected chi connectivity index (χ0v) is 15.4. The van der Waals surface area contributed by atoms with Crippen molar-refractivity contribution in [1.29, 1.82) is 0 Å². The van der Waals surface area contributed by atoms with E-state index in [0.717, 1.165) is 21.2 Å². The van der Waals surface area contributed by atoms with Crippen LogP contribution in [-0.2, 0) is 0 Å². The molecule has 112 valence electrons. The van der Waals surface area contributed by atoms with Gasteiger partial charge in [0.25, 0.3) is 0 Å². The summed E-state index contributed by atoms with van der Waals surface area (Å²) in [6.07, 6.45) is 0. The van der Waals surface area contributed by atoms with Crippen LogP contribution in [0.1, 0.15) is 31.0 Å². The van der Waals surface area contributed by atoms with E-state index in [-0.39, 0.29) is 6.04 Å². The second-order valence-electron chi connectivity index (χ2n) is 4.63. The average Bonchev–Trinajstić information content (AvgIpc) is 2.47. The molecule has 2 nitrogen and oxygen atoms in total. The minimum atomic E-state index is 0.135. The summed E-state index contributed by atoms with van der Waals surface area (Å²) in [6, 6.07) is 14.6. The molecule has 0 spiro atoms. The molecule has 0 aromatic heterocycles. The fourth-order valence-electron chi connectivity index (χ4n) is 2.30. The van der Waals surface area contributed by atoms with Gasteiger partial charge in [0.15, 0.2) is 0 Å². The SMILES string of the molecule is CCNC(c1ccccc1Br)c1ccc(OCC)cc1Br. The van der Waals surface area contributed by atoms with Crippen molar-refractivity contribution in [1.82, 2.24) is 5.32 Å². The molecule has 2 rings (SSSR count). The van der Waals surface area contributed by atoms with Crippen molar-refractivity contribution in [3.63, 3.8) is 0 Å². The van der Waals surface area contributed by atoms with Gasteiger partial charge in [-0.25, -0.2) is 0 Å². The molecule has 0 radical (unpaired) electrons. The topological polar surface area (TPSA) is 21.3 Å². The summed E-state index contributed by atoms with van der Waals surface area (Å²) >= 11 is 7.32. The molecule has 0 saturated carbocycles. The maximum absolute atomic E-state index is 5.55. The second kappa shape index (κ2) is 7.97. The Bertz CT molecular complexity index is 601. The lowest BCUT2D eigenvalue weighted by molar-refractivity contribution is 0.340. The van der Waals surface area contributed by atoms with Gasteiger partial charge in [-0.2, -0.15) is 0 Å². The van der Waals surface area contributed by atoms with Crippen LogP contribution in [0, 0.1) is 0 Å². The predicted molar refractivity (Wildman–Crippen MR) is 95.0 cm³/mol. The van der Waals surface area contributed by atoms with Crippen molar-refractivity contribution in [2.24, 2.45) is 0 Å². The first-order valence-electron chi connectivity index (χ1n) is 7.07. The third-order valence-electron chi connectivity index (χ3n) is 3.22. The minimum Gasteiger partial charge on any atom is -0.494 e. The van der Waals surface area contributed by atoms with Gasteiger partial charge >= 0.3 is 0 Å². The molecule has 0 amide bonds. The number of hydrogen-bond acceptors (Lipinski definition) is 2. The number of nitrogens with one attached hydrogen (secondary N) is 1. The molecule has 0 heterocycles. The third-order valence-corrected chi connectivity index (χ3v) is 4.63. The van der Waals surface area contributed by atoms with E-state index < -0.39 is 0 Å². The highest BCUT2D eigenvalue weighted by Crippen LogP contribution is 2.34. The fraction of sp³-hybridized carbons (Fsp3) is 0.294. The number of ether oxygens (including phenoxy) is 1. The van der Waals surface area contributed by atoms with Crippen molar-refractivity contribution in [2.75, 3.05) is 13.2 Å². The molecule has 4 heteroatoms. The smallest absolute Gasteiger partial charge is 0.120 e. The zero-order chi connectivity index (χ0) is 15.2. The van der Waals surface area contributed by atoms with Crippen molar-refractivity contribution in [2.45, 2.75) is 19.9 Å². The fourth-order valence-corrected chi connectivity index (χ4v) is 3.40. The highest BCUT2D eigenvalue weighted by Gasteiger charge is 2.18. The monoisotopic (exact) mass is 411 g/mol. The normalized spacial score (nSPS) is 12.2. The second-order valence-corrected chi connectivity index (χ2v) is 6.34. The summed E-state index contributed by atoms with van der Waals surface area (Å²) in [5.41, 5.74) is 2.43. The molecule has 0 aliphatic carbocycles. The summed E-state index contributed by atoms with van der Waals surface area (Å²) in [6.45, 7) is 5.68. The number of benzene rings is 2. The van der Waals surface area contributed by atoms with E-state index in [1.165, 1.54) is 11.1 Å². The van der Waals surface area contributed by atoms with Crippen molar-refractivity contribution in [3.05, 3.63) is 62.5 Å². The lowest BCUT2D eigenvalue weighted by Gasteiger charge is -2.22. The molecule has 1 atom stereocenters. The number of hydrogen-bond donors (Lipinski definition) is 1. The van der Waals surface area contributed by atoms with Gasteiger partial charge in [-0.05, 0) is 42.8 Å². The maximum Gasteiger partial charge on any atom is 0.120 e. The molecule has 0 fully saturated rings. The van der Waals surface area contributed by atoms with Crippen LogP contribution < -0.4 is 10.1 Å². The van der Waals surface area contributed by atoms with Crippen LogP contribution in [0.5, 0.6) is 5.75 Å². The van der Waals surface area contributed by atoms with Crippen LogP contribution in [0.3, 0.4) is 0 Å². The zero-order valence-electron chi connectivity index (χ0n) is 12.2. The summed E-state index contributed by atoms with van der Waals surface area (Å²) < 4.78 is 7.71. The molecule has 0 bridgehead atoms. The molecular formula is C17H19Br2NO. The maximum atomic E-state index is 5.55. The Morgan fingerprint density at radius 1 is 1.00 bits per heavy atom. The Hall–Kier alpha value is -0.840. The van der Waals surface area contributed by atoms with Crippen LogP contribution in [0.25, 0.3) is 0 Å². The van der Waals surface area contributed by atoms with Crippen LogP contribution in [0.15, 0.2) is 51.4 Å². The predicted octanol–water partition coefficient (Wildman–Crippen LogP) is 5.31. The summed E-state index contributed by atoms with van der Waals surface area (Å²) in [7, 11) is 0. The van der Waals surface area contributed by atoms with E-state index in [4.69, 9.17) is 4.74 Å². The highest BCUT2D eigenvalue weighted by atomic mass is 79.9. The van der Waals surface area contributed by atoms with Crippen LogP contribution in [-0.4, -0.2) is 13.2 Å². The van der Waals surface area contributed by atoms with Crippen molar-refractivity contribution >= 4 is 31.9 Å². The summed E-state index contributed by atoms with van der Waals surface area (Å²) in [4.78, 5) is 0. The van der Waals surface area contributed by atoms with E-state index in [2.05, 4.69) is 68.4 Å². The Morgan fingerprint density at radius 2 is 1.71 bits per heavy atom. The Morgan fingerprint density at radius 3 is 2.33 bits per heavy atom. The van der Waals surface area contributed by atoms with Gasteiger partial charge in [0.05, 0.1) is 12.6 Å². The third kappa shape index (κ3) is 4.09. The summed E-state index contributed by atoms with van der Waals surface area (Å²) in [5.74, 6) is 0.885. The molecule has 1 N–H and O–H groups in total. The van der Waals surface area contributed by atoms with Gasteiger partial charge in [0.1, 0.15) is 5.75 Å². The molecule has 2 aromatic carbocycles. The standard InChI is InChI=1S/C17H19Br2NO/c1-3-20-17(13-7-5-6-8-15(13)18)14-10-9-12(21-4-2)11-16(14)19/h5-11,17,20H,3-4H2,1-2H3. The van der Waals surface area contributed by atoms with Gasteiger partial charge in [-0.3, -0.25) is 0 Å². The van der Waals surface area contributed by atoms with Crippen LogP contribution in [0.2, 0.25) is 0 Å². The quantitative estimate of drug-likeness (QED) is 0.694. The van der Waals surface area contributed by atoms with Crippen LogP contribution in [0.4, 0.5) is 0 Å². The molecule has 1 unspecified atom stereocenters. The van der Waals surface area contributed by atoms with Crippen LogP contribution >= 0.6 is 31.9 Å². The first-order valence-corrected chi connectivity index (χ1v) is 8.66. The minimum absolute atomic E-state index is 0.135. The Kier molecular flexibility index (Phi) is 6.27. The van der Waals surface area contributed by atoms with Gasteiger partial charge in [-0.1, -0.05) is 63.0 Å². The number of rotatable bonds is 6. The largest absolute Gasteiger partial charge is 0.494 e. The van der Waals surface area contributed by atoms with E-state index in [1.54, 1.807) is 0 Å². The molecular weight excluding hydrogens is 394 g/mol. The van der Waals surface area contributed by atoms with Crippen molar-refractivity contribution < 1.29 is 4.74 Å². The first-order chi connectivity index (χ1) is 10.2. The molecule has 2 aromatic rings. The highest BCUT2D eigenvalue weighted by molar-refractivity contribution is 9.10.